The summed E-state index contributed by atoms with van der Waals surface area (Å²) < 4.78 is 15.9. The van der Waals surface area contributed by atoms with Gasteiger partial charge in [-0.05, 0) is 36.3 Å². The van der Waals surface area contributed by atoms with E-state index < -0.39 is 0 Å². The van der Waals surface area contributed by atoms with Crippen LogP contribution >= 0.6 is 11.8 Å². The van der Waals surface area contributed by atoms with E-state index in [1.807, 2.05) is 11.8 Å². The van der Waals surface area contributed by atoms with Crippen molar-refractivity contribution in [3.05, 3.63) is 17.7 Å². The molecule has 1 heterocycles. The molecule has 0 spiro atoms. The van der Waals surface area contributed by atoms with Crippen molar-refractivity contribution in [1.29, 1.82) is 0 Å². The van der Waals surface area contributed by atoms with E-state index in [0.717, 1.165) is 24.3 Å². The second kappa shape index (κ2) is 7.59. The van der Waals surface area contributed by atoms with Crippen LogP contribution in [0.3, 0.4) is 0 Å². The Morgan fingerprint density at radius 2 is 1.62 bits per heavy atom. The van der Waals surface area contributed by atoms with Gasteiger partial charge in [0.05, 0.1) is 26.9 Å². The maximum Gasteiger partial charge on any atom is 0.167 e. The average molecular weight is 310 g/mol. The van der Waals surface area contributed by atoms with Gasteiger partial charge in [-0.2, -0.15) is 11.8 Å². The maximum absolute atomic E-state index is 12.6. The summed E-state index contributed by atoms with van der Waals surface area (Å²) >= 11 is 1.97. The molecule has 116 valence electrons. The van der Waals surface area contributed by atoms with Gasteiger partial charge < -0.3 is 14.2 Å². The van der Waals surface area contributed by atoms with E-state index in [4.69, 9.17) is 14.2 Å². The molecule has 1 aromatic rings. The fourth-order valence-electron chi connectivity index (χ4n) is 2.57. The van der Waals surface area contributed by atoms with Gasteiger partial charge in [0.25, 0.3) is 0 Å². The Bertz CT molecular complexity index is 495. The topological polar surface area (TPSA) is 44.8 Å². The zero-order valence-corrected chi connectivity index (χ0v) is 13.6. The number of Topliss-reactive ketones (excluding diaryl/α,β-unsaturated/α-hetero) is 1. The lowest BCUT2D eigenvalue weighted by Gasteiger charge is -2.21. The Morgan fingerprint density at radius 1 is 1.05 bits per heavy atom. The van der Waals surface area contributed by atoms with E-state index in [-0.39, 0.29) is 5.78 Å². The molecule has 0 bridgehead atoms. The van der Waals surface area contributed by atoms with E-state index in [2.05, 4.69) is 0 Å². The van der Waals surface area contributed by atoms with Gasteiger partial charge in [-0.3, -0.25) is 4.79 Å². The van der Waals surface area contributed by atoms with Crippen molar-refractivity contribution in [3.63, 3.8) is 0 Å². The smallest absolute Gasteiger partial charge is 0.167 e. The third kappa shape index (κ3) is 3.84. The largest absolute Gasteiger partial charge is 0.496 e. The summed E-state index contributed by atoms with van der Waals surface area (Å²) in [6.45, 7) is 0. The van der Waals surface area contributed by atoms with Gasteiger partial charge in [-0.25, -0.2) is 0 Å². The molecular weight excluding hydrogens is 288 g/mol. The van der Waals surface area contributed by atoms with Crippen LogP contribution in [0.25, 0.3) is 0 Å². The molecule has 21 heavy (non-hydrogen) atoms. The lowest BCUT2D eigenvalue weighted by molar-refractivity contribution is 0.0955. The van der Waals surface area contributed by atoms with Crippen molar-refractivity contribution in [2.75, 3.05) is 32.8 Å². The molecule has 0 radical (unpaired) electrons. The predicted octanol–water partition coefficient (Wildman–Crippen LogP) is 3.43. The van der Waals surface area contributed by atoms with Crippen molar-refractivity contribution >= 4 is 17.5 Å². The highest BCUT2D eigenvalue weighted by Crippen LogP contribution is 2.36. The minimum atomic E-state index is 0.115. The van der Waals surface area contributed by atoms with Crippen LogP contribution in [-0.4, -0.2) is 38.6 Å². The van der Waals surface area contributed by atoms with Crippen LogP contribution in [0.2, 0.25) is 0 Å². The number of hydrogen-bond donors (Lipinski definition) is 0. The Hall–Kier alpha value is -1.36. The third-order valence-electron chi connectivity index (χ3n) is 3.82. The summed E-state index contributed by atoms with van der Waals surface area (Å²) in [6, 6.07) is 3.43. The Kier molecular flexibility index (Phi) is 5.79. The molecule has 0 aromatic heterocycles. The van der Waals surface area contributed by atoms with Crippen LogP contribution < -0.4 is 14.2 Å². The molecule has 0 atom stereocenters. The first-order valence-corrected chi connectivity index (χ1v) is 8.26. The second-order valence-electron chi connectivity index (χ2n) is 5.09. The summed E-state index contributed by atoms with van der Waals surface area (Å²) in [5.41, 5.74) is 0.577. The first-order valence-electron chi connectivity index (χ1n) is 7.10. The molecule has 0 unspecified atom stereocenters. The fraction of sp³-hybridized carbons (Fsp3) is 0.562. The molecule has 0 aliphatic carbocycles. The predicted molar refractivity (Wildman–Crippen MR) is 85.1 cm³/mol. The summed E-state index contributed by atoms with van der Waals surface area (Å²) in [5.74, 6) is 4.58. The summed E-state index contributed by atoms with van der Waals surface area (Å²) in [4.78, 5) is 12.6. The molecule has 1 fully saturated rings. The van der Waals surface area contributed by atoms with E-state index in [1.54, 1.807) is 33.5 Å². The van der Waals surface area contributed by atoms with Crippen LogP contribution in [0.5, 0.6) is 17.2 Å². The van der Waals surface area contributed by atoms with Gasteiger partial charge >= 0.3 is 0 Å². The lowest BCUT2D eigenvalue weighted by Crippen LogP contribution is -2.15. The Morgan fingerprint density at radius 3 is 2.19 bits per heavy atom. The highest BCUT2D eigenvalue weighted by Gasteiger charge is 2.22. The number of thioether (sulfide) groups is 1. The number of carbonyl (C=O) groups excluding carboxylic acids is 1. The number of ether oxygens (including phenoxy) is 3. The second-order valence-corrected chi connectivity index (χ2v) is 6.32. The highest BCUT2D eigenvalue weighted by molar-refractivity contribution is 7.99. The molecule has 1 saturated heterocycles. The quantitative estimate of drug-likeness (QED) is 0.753. The number of ketones is 1. The van der Waals surface area contributed by atoms with Crippen molar-refractivity contribution in [2.24, 2.45) is 5.92 Å². The maximum atomic E-state index is 12.6. The van der Waals surface area contributed by atoms with E-state index in [9.17, 15) is 4.79 Å². The van der Waals surface area contributed by atoms with Crippen LogP contribution in [0, 0.1) is 5.92 Å². The number of methoxy groups -OCH3 is 3. The molecular formula is C16H22O4S. The van der Waals surface area contributed by atoms with Crippen molar-refractivity contribution in [1.82, 2.24) is 0 Å². The Balaban J connectivity index is 2.21. The molecule has 4 nitrogen and oxygen atoms in total. The van der Waals surface area contributed by atoms with Crippen LogP contribution in [-0.2, 0) is 0 Å². The molecule has 1 aliphatic heterocycles. The summed E-state index contributed by atoms with van der Waals surface area (Å²) in [5, 5.41) is 0. The zero-order valence-electron chi connectivity index (χ0n) is 12.8. The molecule has 1 aliphatic rings. The van der Waals surface area contributed by atoms with Crippen molar-refractivity contribution < 1.29 is 19.0 Å². The molecule has 0 saturated carbocycles. The summed E-state index contributed by atoms with van der Waals surface area (Å²) in [6.07, 6.45) is 2.81. The molecule has 1 aromatic carbocycles. The molecule has 0 amide bonds. The normalized spacial score (nSPS) is 15.6. The zero-order chi connectivity index (χ0) is 15.2. The SMILES string of the molecule is COc1cc(OC)c(C(=O)CC2CCSCC2)cc1OC. The van der Waals surface area contributed by atoms with Gasteiger partial charge in [0.15, 0.2) is 17.3 Å². The average Bonchev–Trinajstić information content (AvgIpc) is 2.54. The van der Waals surface area contributed by atoms with Gasteiger partial charge in [0.2, 0.25) is 0 Å². The van der Waals surface area contributed by atoms with Crippen LogP contribution in [0.15, 0.2) is 12.1 Å². The first kappa shape index (κ1) is 16.0. The van der Waals surface area contributed by atoms with E-state index >= 15 is 0 Å². The van der Waals surface area contributed by atoms with Gasteiger partial charge in [0, 0.05) is 12.5 Å². The number of rotatable bonds is 6. The van der Waals surface area contributed by atoms with Gasteiger partial charge in [-0.1, -0.05) is 0 Å². The van der Waals surface area contributed by atoms with Crippen molar-refractivity contribution in [2.45, 2.75) is 19.3 Å². The van der Waals surface area contributed by atoms with Crippen LogP contribution in [0.4, 0.5) is 0 Å². The van der Waals surface area contributed by atoms with E-state index in [0.29, 0.717) is 35.2 Å². The van der Waals surface area contributed by atoms with Crippen LogP contribution in [0.1, 0.15) is 29.6 Å². The number of benzene rings is 1. The highest BCUT2D eigenvalue weighted by atomic mass is 32.2. The lowest BCUT2D eigenvalue weighted by atomic mass is 9.93. The van der Waals surface area contributed by atoms with Gasteiger partial charge in [0.1, 0.15) is 5.75 Å². The fourth-order valence-corrected chi connectivity index (χ4v) is 3.77. The first-order chi connectivity index (χ1) is 10.2. The number of carbonyl (C=O) groups is 1. The number of hydrogen-bond acceptors (Lipinski definition) is 5. The molecule has 5 heteroatoms. The minimum absolute atomic E-state index is 0.115. The van der Waals surface area contributed by atoms with Crippen molar-refractivity contribution in [3.8, 4) is 17.2 Å². The molecule has 0 N–H and O–H groups in total. The third-order valence-corrected chi connectivity index (χ3v) is 4.87. The monoisotopic (exact) mass is 310 g/mol. The molecule has 2 rings (SSSR count). The van der Waals surface area contributed by atoms with E-state index in [1.165, 1.54) is 0 Å². The Labute approximate surface area is 130 Å². The standard InChI is InChI=1S/C16H22O4S/c1-18-14-10-16(20-3)15(19-2)9-12(14)13(17)8-11-4-6-21-7-5-11/h9-11H,4-8H2,1-3H3. The minimum Gasteiger partial charge on any atom is -0.496 e. The van der Waals surface area contributed by atoms with Gasteiger partial charge in [-0.15, -0.1) is 0 Å². The summed E-state index contributed by atoms with van der Waals surface area (Å²) in [7, 11) is 4.70.